The summed E-state index contributed by atoms with van der Waals surface area (Å²) in [6.07, 6.45) is 3.77. The summed E-state index contributed by atoms with van der Waals surface area (Å²) in [5.41, 5.74) is 23.2. The SMILES string of the molecule is Cc1c2c(-c3ccccc3)nc3cc(-c4ccc5c(c4)C4(c6ccccc6-c6ccccc64)c4cc(-c6ccncc6)ccc4-5)ccc3c2c(C)c2c(-c3ccccc3)nc3ccccc3c12. The van der Waals surface area contributed by atoms with Crippen LogP contribution in [0.5, 0.6) is 0 Å². The highest BCUT2D eigenvalue weighted by atomic mass is 14.7. The van der Waals surface area contributed by atoms with Gasteiger partial charge in [0.15, 0.2) is 0 Å². The van der Waals surface area contributed by atoms with Crippen molar-refractivity contribution in [1.82, 2.24) is 15.0 Å². The van der Waals surface area contributed by atoms with E-state index in [1.807, 2.05) is 12.4 Å². The van der Waals surface area contributed by atoms with Gasteiger partial charge in [-0.25, -0.2) is 9.97 Å². The maximum atomic E-state index is 5.68. The summed E-state index contributed by atoms with van der Waals surface area (Å²) in [5, 5.41) is 7.14. The largest absolute Gasteiger partial charge is 0.265 e. The van der Waals surface area contributed by atoms with Crippen LogP contribution < -0.4 is 0 Å². The molecule has 0 amide bonds. The van der Waals surface area contributed by atoms with E-state index in [0.717, 1.165) is 55.4 Å². The van der Waals surface area contributed by atoms with Gasteiger partial charge in [-0.15, -0.1) is 0 Å². The average molecular weight is 852 g/mol. The van der Waals surface area contributed by atoms with Crippen LogP contribution in [0.2, 0.25) is 0 Å². The molecule has 3 heteroatoms. The smallest absolute Gasteiger partial charge is 0.0791 e. The second-order valence-corrected chi connectivity index (χ2v) is 18.2. The van der Waals surface area contributed by atoms with Gasteiger partial charge in [0, 0.05) is 45.1 Å². The van der Waals surface area contributed by atoms with Gasteiger partial charge in [0.1, 0.15) is 0 Å². The van der Waals surface area contributed by atoms with E-state index in [-0.39, 0.29) is 0 Å². The summed E-state index contributed by atoms with van der Waals surface area (Å²) in [5.74, 6) is 0. The van der Waals surface area contributed by atoms with Crippen LogP contribution >= 0.6 is 0 Å². The Hall–Kier alpha value is -8.53. The summed E-state index contributed by atoms with van der Waals surface area (Å²) >= 11 is 0. The van der Waals surface area contributed by atoms with Crippen molar-refractivity contribution in [2.24, 2.45) is 0 Å². The number of fused-ring (bicyclic) bond motifs is 16. The van der Waals surface area contributed by atoms with E-state index in [1.165, 1.54) is 88.3 Å². The highest BCUT2D eigenvalue weighted by Gasteiger charge is 2.51. The predicted molar refractivity (Wildman–Crippen MR) is 277 cm³/mol. The fourth-order valence-electron chi connectivity index (χ4n) is 12.1. The monoisotopic (exact) mass is 851 g/mol. The normalized spacial score (nSPS) is 13.0. The quantitative estimate of drug-likeness (QED) is 0.131. The van der Waals surface area contributed by atoms with Crippen molar-refractivity contribution in [2.45, 2.75) is 19.3 Å². The van der Waals surface area contributed by atoms with Crippen LogP contribution in [0.4, 0.5) is 0 Å². The van der Waals surface area contributed by atoms with E-state index in [2.05, 4.69) is 219 Å². The van der Waals surface area contributed by atoms with Crippen molar-refractivity contribution in [2.75, 3.05) is 0 Å². The minimum atomic E-state index is -0.493. The Morgan fingerprint density at radius 2 is 0.761 bits per heavy atom. The van der Waals surface area contributed by atoms with Crippen molar-refractivity contribution >= 4 is 43.4 Å². The third-order valence-corrected chi connectivity index (χ3v) is 14.9. The molecule has 2 aliphatic rings. The zero-order valence-corrected chi connectivity index (χ0v) is 37.0. The lowest BCUT2D eigenvalue weighted by molar-refractivity contribution is 0.794. The Morgan fingerprint density at radius 3 is 1.36 bits per heavy atom. The Labute approximate surface area is 388 Å². The molecular weight excluding hydrogens is 811 g/mol. The molecule has 0 atom stereocenters. The van der Waals surface area contributed by atoms with E-state index < -0.39 is 5.41 Å². The van der Waals surface area contributed by atoms with E-state index in [0.29, 0.717) is 0 Å². The maximum absolute atomic E-state index is 5.68. The average Bonchev–Trinajstić information content (AvgIpc) is 3.86. The van der Waals surface area contributed by atoms with Crippen molar-refractivity contribution in [1.29, 1.82) is 0 Å². The number of para-hydroxylation sites is 1. The number of rotatable bonds is 4. The third-order valence-electron chi connectivity index (χ3n) is 14.9. The molecule has 0 unspecified atom stereocenters. The van der Waals surface area contributed by atoms with Gasteiger partial charge in [-0.2, -0.15) is 0 Å². The molecule has 2 aliphatic carbocycles. The molecule has 9 aromatic carbocycles. The lowest BCUT2D eigenvalue weighted by Gasteiger charge is -2.31. The topological polar surface area (TPSA) is 38.7 Å². The molecule has 0 radical (unpaired) electrons. The Bertz CT molecular complexity index is 4000. The summed E-state index contributed by atoms with van der Waals surface area (Å²) in [6.45, 7) is 4.58. The summed E-state index contributed by atoms with van der Waals surface area (Å²) < 4.78 is 0. The number of benzene rings is 9. The molecule has 0 saturated heterocycles. The predicted octanol–water partition coefficient (Wildman–Crippen LogP) is 16.1. The van der Waals surface area contributed by atoms with Crippen molar-refractivity contribution in [3.05, 3.63) is 246 Å². The molecule has 0 fully saturated rings. The van der Waals surface area contributed by atoms with Crippen LogP contribution in [0.25, 0.3) is 110 Å². The van der Waals surface area contributed by atoms with E-state index in [4.69, 9.17) is 9.97 Å². The minimum Gasteiger partial charge on any atom is -0.265 e. The number of nitrogens with zero attached hydrogens (tertiary/aromatic N) is 3. The zero-order valence-electron chi connectivity index (χ0n) is 37.0. The van der Waals surface area contributed by atoms with Gasteiger partial charge in [-0.1, -0.05) is 164 Å². The number of aryl methyl sites for hydroxylation is 2. The number of pyridine rings is 3. The molecule has 312 valence electrons. The molecule has 0 saturated carbocycles. The second-order valence-electron chi connectivity index (χ2n) is 18.2. The molecule has 3 aromatic heterocycles. The van der Waals surface area contributed by atoms with Crippen LogP contribution in [0, 0.1) is 13.8 Å². The highest BCUT2D eigenvalue weighted by molar-refractivity contribution is 6.25. The molecule has 0 N–H and O–H groups in total. The van der Waals surface area contributed by atoms with Crippen molar-refractivity contribution in [3.63, 3.8) is 0 Å². The van der Waals surface area contributed by atoms with E-state index in [9.17, 15) is 0 Å². The Balaban J connectivity index is 1.04. The lowest BCUT2D eigenvalue weighted by Crippen LogP contribution is -2.26. The Kier molecular flexibility index (Phi) is 8.03. The first kappa shape index (κ1) is 37.8. The molecule has 0 aliphatic heterocycles. The fourth-order valence-corrected chi connectivity index (χ4v) is 12.1. The molecule has 12 aromatic rings. The first-order chi connectivity index (χ1) is 33.1. The van der Waals surface area contributed by atoms with Crippen molar-refractivity contribution < 1.29 is 0 Å². The Morgan fingerprint density at radius 1 is 0.313 bits per heavy atom. The van der Waals surface area contributed by atoms with Crippen LogP contribution in [0.15, 0.2) is 213 Å². The molecule has 14 rings (SSSR count). The van der Waals surface area contributed by atoms with Gasteiger partial charge in [-0.05, 0) is 139 Å². The molecule has 67 heavy (non-hydrogen) atoms. The first-order valence-electron chi connectivity index (χ1n) is 23.2. The molecular formula is C64H41N3. The van der Waals surface area contributed by atoms with E-state index >= 15 is 0 Å². The van der Waals surface area contributed by atoms with Gasteiger partial charge < -0.3 is 0 Å². The lowest BCUT2D eigenvalue weighted by atomic mass is 9.70. The maximum Gasteiger partial charge on any atom is 0.0791 e. The second kappa shape index (κ2) is 14.2. The summed E-state index contributed by atoms with van der Waals surface area (Å²) in [7, 11) is 0. The first-order valence-corrected chi connectivity index (χ1v) is 23.2. The molecule has 1 spiro atoms. The number of aromatic nitrogens is 3. The standard InChI is InChI=1S/C64H41N3/c1-38-58-50-21-11-14-24-56(50)66-62(41-15-5-3-6-16-41)60(58)39(2)59-51-30-27-45(37-57(51)67-63(61(38)59)42-17-7-4-8-18-42)44-26-29-49-48-28-25-43(40-31-33-65-34-32-40)35-54(48)64(55(49)36-44)52-22-12-9-19-46(52)47-20-10-13-23-53(47)64/h3-37H,1-2H3. The summed E-state index contributed by atoms with van der Waals surface area (Å²) in [4.78, 5) is 15.4. The van der Waals surface area contributed by atoms with Crippen LogP contribution in [0.3, 0.4) is 0 Å². The van der Waals surface area contributed by atoms with Gasteiger partial charge in [0.05, 0.1) is 27.8 Å². The van der Waals surface area contributed by atoms with Crippen LogP contribution in [-0.2, 0) is 5.41 Å². The zero-order chi connectivity index (χ0) is 44.4. The van der Waals surface area contributed by atoms with Gasteiger partial charge in [-0.3, -0.25) is 4.98 Å². The molecule has 3 heterocycles. The van der Waals surface area contributed by atoms with Gasteiger partial charge >= 0.3 is 0 Å². The minimum absolute atomic E-state index is 0.493. The van der Waals surface area contributed by atoms with Crippen molar-refractivity contribution in [3.8, 4) is 67.0 Å². The fraction of sp³-hybridized carbons (Fsp3) is 0.0469. The third kappa shape index (κ3) is 5.25. The van der Waals surface area contributed by atoms with Gasteiger partial charge in [0.25, 0.3) is 0 Å². The molecule has 3 nitrogen and oxygen atoms in total. The highest BCUT2D eigenvalue weighted by Crippen LogP contribution is 2.63. The van der Waals surface area contributed by atoms with Crippen LogP contribution in [0.1, 0.15) is 33.4 Å². The number of hydrogen-bond donors (Lipinski definition) is 0. The van der Waals surface area contributed by atoms with Crippen LogP contribution in [-0.4, -0.2) is 15.0 Å². The summed E-state index contributed by atoms with van der Waals surface area (Å²) in [6, 6.07) is 73.5. The molecule has 0 bridgehead atoms. The van der Waals surface area contributed by atoms with E-state index in [1.54, 1.807) is 0 Å². The number of hydrogen-bond acceptors (Lipinski definition) is 3. The van der Waals surface area contributed by atoms with Gasteiger partial charge in [0.2, 0.25) is 0 Å².